The van der Waals surface area contributed by atoms with E-state index in [1.165, 1.54) is 23.9 Å². The Morgan fingerprint density at radius 3 is 2.79 bits per heavy atom. The normalized spacial score (nSPS) is 16.8. The van der Waals surface area contributed by atoms with Crippen molar-refractivity contribution >= 4 is 11.7 Å². The minimum absolute atomic E-state index is 0.0883. The average Bonchev–Trinajstić information content (AvgIpc) is 3.15. The maximum absolute atomic E-state index is 12.1. The third-order valence-electron chi connectivity index (χ3n) is 4.60. The van der Waals surface area contributed by atoms with Gasteiger partial charge >= 0.3 is 0 Å². The Morgan fingerprint density at radius 1 is 1.38 bits per heavy atom. The van der Waals surface area contributed by atoms with Crippen LogP contribution in [0.25, 0.3) is 0 Å². The fourth-order valence-electron chi connectivity index (χ4n) is 2.82. The average molecular weight is 328 g/mol. The van der Waals surface area contributed by atoms with Gasteiger partial charge in [0.15, 0.2) is 0 Å². The lowest BCUT2D eigenvalue weighted by molar-refractivity contribution is -0.124. The maximum atomic E-state index is 12.1. The number of hydrogen-bond acceptors (Lipinski definition) is 5. The van der Waals surface area contributed by atoms with Gasteiger partial charge in [-0.2, -0.15) is 5.10 Å². The van der Waals surface area contributed by atoms with Gasteiger partial charge in [-0.25, -0.2) is 14.6 Å². The number of nitrogens with zero attached hydrogens (tertiary/aromatic N) is 5. The van der Waals surface area contributed by atoms with Gasteiger partial charge in [0.05, 0.1) is 0 Å². The molecule has 0 unspecified atom stereocenters. The van der Waals surface area contributed by atoms with Crippen LogP contribution in [-0.4, -0.2) is 38.7 Å². The van der Waals surface area contributed by atoms with Crippen molar-refractivity contribution in [2.45, 2.75) is 39.3 Å². The molecular formula is C17H24N6O. The summed E-state index contributed by atoms with van der Waals surface area (Å²) < 4.78 is 1.54. The van der Waals surface area contributed by atoms with Gasteiger partial charge in [0.1, 0.15) is 24.5 Å². The predicted molar refractivity (Wildman–Crippen MR) is 91.4 cm³/mol. The molecule has 1 saturated heterocycles. The van der Waals surface area contributed by atoms with Gasteiger partial charge < -0.3 is 10.2 Å². The number of carbonyl (C=O) groups excluding carboxylic acids is 1. The van der Waals surface area contributed by atoms with E-state index in [0.717, 1.165) is 30.4 Å². The first-order chi connectivity index (χ1) is 11.6. The Hall–Kier alpha value is -2.44. The summed E-state index contributed by atoms with van der Waals surface area (Å²) in [5.41, 5.74) is 0.989. The van der Waals surface area contributed by atoms with Crippen molar-refractivity contribution in [3.63, 3.8) is 0 Å². The number of hydrogen-bond donors (Lipinski definition) is 1. The topological polar surface area (TPSA) is 75.9 Å². The first-order valence-electron chi connectivity index (χ1n) is 8.45. The second-order valence-electron chi connectivity index (χ2n) is 6.46. The number of amides is 1. The van der Waals surface area contributed by atoms with Gasteiger partial charge in [0.25, 0.3) is 0 Å². The van der Waals surface area contributed by atoms with Crippen LogP contribution in [0.1, 0.15) is 38.3 Å². The molecule has 2 aromatic rings. The van der Waals surface area contributed by atoms with Gasteiger partial charge in [-0.1, -0.05) is 13.0 Å². The lowest BCUT2D eigenvalue weighted by Gasteiger charge is -2.31. The van der Waals surface area contributed by atoms with Gasteiger partial charge in [-0.3, -0.25) is 4.79 Å². The number of pyridine rings is 1. The van der Waals surface area contributed by atoms with Crippen molar-refractivity contribution in [2.75, 3.05) is 18.0 Å². The Balaban J connectivity index is 1.52. The van der Waals surface area contributed by atoms with E-state index >= 15 is 0 Å². The van der Waals surface area contributed by atoms with Gasteiger partial charge in [-0.05, 0) is 37.3 Å². The molecule has 0 radical (unpaired) electrons. The van der Waals surface area contributed by atoms with E-state index in [2.05, 4.69) is 32.2 Å². The minimum atomic E-state index is -0.380. The number of carbonyl (C=O) groups is 1. The molecular weight excluding hydrogens is 304 g/mol. The summed E-state index contributed by atoms with van der Waals surface area (Å²) in [5.74, 6) is 1.74. The third kappa shape index (κ3) is 3.90. The zero-order valence-electron chi connectivity index (χ0n) is 14.2. The number of nitrogens with one attached hydrogen (secondary N) is 1. The smallest absolute Gasteiger partial charge is 0.244 e. The van der Waals surface area contributed by atoms with Crippen molar-refractivity contribution in [1.82, 2.24) is 25.1 Å². The van der Waals surface area contributed by atoms with E-state index in [4.69, 9.17) is 0 Å². The number of piperidine rings is 1. The van der Waals surface area contributed by atoms with Crippen LogP contribution in [0.2, 0.25) is 0 Å². The van der Waals surface area contributed by atoms with Crippen molar-refractivity contribution in [3.05, 3.63) is 36.5 Å². The van der Waals surface area contributed by atoms with Crippen LogP contribution in [0.5, 0.6) is 0 Å². The molecule has 0 aliphatic carbocycles. The molecule has 2 aromatic heterocycles. The molecule has 1 amide bonds. The highest BCUT2D eigenvalue weighted by molar-refractivity contribution is 5.79. The molecule has 7 nitrogen and oxygen atoms in total. The van der Waals surface area contributed by atoms with Gasteiger partial charge in [-0.15, -0.1) is 0 Å². The summed E-state index contributed by atoms with van der Waals surface area (Å²) in [6, 6.07) is 3.69. The van der Waals surface area contributed by atoms with Gasteiger partial charge in [0, 0.05) is 25.8 Å². The van der Waals surface area contributed by atoms with E-state index in [1.54, 1.807) is 13.3 Å². The van der Waals surface area contributed by atoms with Crippen molar-refractivity contribution in [2.24, 2.45) is 5.92 Å². The van der Waals surface area contributed by atoms with Crippen LogP contribution < -0.4 is 10.2 Å². The summed E-state index contributed by atoms with van der Waals surface area (Å²) in [6.07, 6.45) is 7.25. The van der Waals surface area contributed by atoms with Crippen LogP contribution in [0.15, 0.2) is 31.0 Å². The number of anilines is 1. The lowest BCUT2D eigenvalue weighted by Crippen LogP contribution is -2.33. The third-order valence-corrected chi connectivity index (χ3v) is 4.60. The molecule has 3 heterocycles. The SMILES string of the molecule is CC1CCN(c2ccc(CNC(=O)[C@H](C)n3cncn3)cn2)CC1. The molecule has 0 saturated carbocycles. The maximum Gasteiger partial charge on any atom is 0.244 e. The largest absolute Gasteiger partial charge is 0.357 e. The molecule has 1 atom stereocenters. The summed E-state index contributed by atoms with van der Waals surface area (Å²) in [5, 5.41) is 6.90. The second-order valence-corrected chi connectivity index (χ2v) is 6.46. The van der Waals surface area contributed by atoms with E-state index in [9.17, 15) is 4.79 Å². The Morgan fingerprint density at radius 2 is 2.17 bits per heavy atom. The quantitative estimate of drug-likeness (QED) is 0.905. The predicted octanol–water partition coefficient (Wildman–Crippen LogP) is 1.79. The first kappa shape index (κ1) is 16.4. The zero-order valence-corrected chi connectivity index (χ0v) is 14.2. The molecule has 1 fully saturated rings. The van der Waals surface area contributed by atoms with Crippen molar-refractivity contribution in [1.29, 1.82) is 0 Å². The monoisotopic (exact) mass is 328 g/mol. The van der Waals surface area contributed by atoms with Crippen LogP contribution in [0, 0.1) is 5.92 Å². The zero-order chi connectivity index (χ0) is 16.9. The fourth-order valence-corrected chi connectivity index (χ4v) is 2.82. The molecule has 128 valence electrons. The summed E-state index contributed by atoms with van der Waals surface area (Å²) in [4.78, 5) is 22.9. The first-order valence-corrected chi connectivity index (χ1v) is 8.45. The molecule has 7 heteroatoms. The summed E-state index contributed by atoms with van der Waals surface area (Å²) >= 11 is 0. The highest BCUT2D eigenvalue weighted by Crippen LogP contribution is 2.21. The Kier molecular flexibility index (Phi) is 5.08. The molecule has 24 heavy (non-hydrogen) atoms. The molecule has 0 bridgehead atoms. The molecule has 0 aromatic carbocycles. The van der Waals surface area contributed by atoms with Crippen LogP contribution in [0.3, 0.4) is 0 Å². The molecule has 1 aliphatic heterocycles. The number of aromatic nitrogens is 4. The molecule has 3 rings (SSSR count). The second kappa shape index (κ2) is 7.42. The molecule has 1 aliphatic rings. The fraction of sp³-hybridized carbons (Fsp3) is 0.529. The molecule has 0 spiro atoms. The van der Waals surface area contributed by atoms with Gasteiger partial charge in [0.2, 0.25) is 5.91 Å². The van der Waals surface area contributed by atoms with E-state index in [-0.39, 0.29) is 11.9 Å². The standard InChI is InChI=1S/C17H24N6O/c1-13-5-7-22(8-6-13)16-4-3-15(9-19-16)10-20-17(24)14(2)23-12-18-11-21-23/h3-4,9,11-14H,5-8,10H2,1-2H3,(H,20,24)/t14-/m0/s1. The summed E-state index contributed by atoms with van der Waals surface area (Å²) in [6.45, 7) is 6.70. The highest BCUT2D eigenvalue weighted by atomic mass is 16.2. The highest BCUT2D eigenvalue weighted by Gasteiger charge is 2.17. The van der Waals surface area contributed by atoms with Crippen LogP contribution in [-0.2, 0) is 11.3 Å². The summed E-state index contributed by atoms with van der Waals surface area (Å²) in [7, 11) is 0. The molecule has 1 N–H and O–H groups in total. The van der Waals surface area contributed by atoms with Crippen molar-refractivity contribution in [3.8, 4) is 0 Å². The van der Waals surface area contributed by atoms with Crippen molar-refractivity contribution < 1.29 is 4.79 Å². The van der Waals surface area contributed by atoms with E-state index in [1.807, 2.05) is 18.3 Å². The van der Waals surface area contributed by atoms with Crippen LogP contribution >= 0.6 is 0 Å². The minimum Gasteiger partial charge on any atom is -0.357 e. The Labute approximate surface area is 142 Å². The Bertz CT molecular complexity index is 646. The van der Waals surface area contributed by atoms with Crippen LogP contribution in [0.4, 0.5) is 5.82 Å². The van der Waals surface area contributed by atoms with E-state index < -0.39 is 0 Å². The van der Waals surface area contributed by atoms with E-state index in [0.29, 0.717) is 6.54 Å². The lowest BCUT2D eigenvalue weighted by atomic mass is 9.99. The number of rotatable bonds is 5.